The van der Waals surface area contributed by atoms with Crippen molar-refractivity contribution in [1.82, 2.24) is 9.55 Å². The summed E-state index contributed by atoms with van der Waals surface area (Å²) in [5, 5.41) is 1.55. The first-order valence-corrected chi connectivity index (χ1v) is 8.16. The van der Waals surface area contributed by atoms with Crippen molar-refractivity contribution in [2.75, 3.05) is 6.26 Å². The first-order chi connectivity index (χ1) is 8.93. The summed E-state index contributed by atoms with van der Waals surface area (Å²) in [6.45, 7) is 4.71. The third kappa shape index (κ3) is 2.02. The summed E-state index contributed by atoms with van der Waals surface area (Å²) in [5.41, 5.74) is 0.992. The van der Waals surface area contributed by atoms with Gasteiger partial charge in [-0.2, -0.15) is 0 Å². The number of thioether (sulfide) groups is 1. The van der Waals surface area contributed by atoms with Crippen LogP contribution in [0.15, 0.2) is 9.95 Å². The summed E-state index contributed by atoms with van der Waals surface area (Å²) in [5.74, 6) is 0. The van der Waals surface area contributed by atoms with E-state index in [9.17, 15) is 4.79 Å². The lowest BCUT2D eigenvalue weighted by Crippen LogP contribution is -2.32. The normalized spacial score (nSPS) is 17.7. The van der Waals surface area contributed by atoms with Crippen LogP contribution in [0.5, 0.6) is 0 Å². The average molecular weight is 296 g/mol. The molecule has 0 radical (unpaired) electrons. The van der Waals surface area contributed by atoms with E-state index in [1.165, 1.54) is 11.8 Å². The monoisotopic (exact) mass is 296 g/mol. The lowest BCUT2D eigenvalue weighted by molar-refractivity contribution is -0.0379. The Morgan fingerprint density at radius 3 is 2.89 bits per heavy atom. The molecule has 3 rings (SSSR count). The Kier molecular flexibility index (Phi) is 2.99. The number of hydrogen-bond acceptors (Lipinski definition) is 5. The van der Waals surface area contributed by atoms with Crippen LogP contribution in [0.4, 0.5) is 0 Å². The Balaban J connectivity index is 2.32. The lowest BCUT2D eigenvalue weighted by Gasteiger charge is -2.29. The second-order valence-corrected chi connectivity index (χ2v) is 7.23. The predicted octanol–water partition coefficient (Wildman–Crippen LogP) is 2.57. The highest BCUT2D eigenvalue weighted by molar-refractivity contribution is 7.98. The molecule has 0 bridgehead atoms. The Morgan fingerprint density at radius 2 is 2.21 bits per heavy atom. The number of hydrogen-bond donors (Lipinski definition) is 0. The molecule has 0 atom stereocenters. The summed E-state index contributed by atoms with van der Waals surface area (Å²) in [6.07, 6.45) is 2.71. The number of aromatic nitrogens is 2. The largest absolute Gasteiger partial charge is 0.370 e. The predicted molar refractivity (Wildman–Crippen MR) is 79.2 cm³/mol. The van der Waals surface area contributed by atoms with Gasteiger partial charge >= 0.3 is 0 Å². The topological polar surface area (TPSA) is 44.1 Å². The SMILES string of the molecule is CSc1nc2sc3c(c2c(=O)n1C)CC(C)(C)OC3. The first-order valence-electron chi connectivity index (χ1n) is 6.12. The molecule has 0 saturated carbocycles. The molecule has 4 nitrogen and oxygen atoms in total. The van der Waals surface area contributed by atoms with E-state index >= 15 is 0 Å². The molecule has 1 aliphatic heterocycles. The van der Waals surface area contributed by atoms with Crippen LogP contribution < -0.4 is 5.56 Å². The molecule has 0 aromatic carbocycles. The minimum absolute atomic E-state index is 0.0598. The fraction of sp³-hybridized carbons (Fsp3) is 0.538. The first kappa shape index (κ1) is 13.1. The summed E-state index contributed by atoms with van der Waals surface area (Å²) in [4.78, 5) is 19.1. The van der Waals surface area contributed by atoms with Gasteiger partial charge in [0.05, 0.1) is 17.6 Å². The smallest absolute Gasteiger partial charge is 0.262 e. The summed E-state index contributed by atoms with van der Waals surface area (Å²) >= 11 is 3.09. The van der Waals surface area contributed by atoms with Gasteiger partial charge in [-0.25, -0.2) is 4.98 Å². The fourth-order valence-electron chi connectivity index (χ4n) is 2.44. The molecule has 0 aliphatic carbocycles. The van der Waals surface area contributed by atoms with E-state index in [1.54, 1.807) is 23.0 Å². The molecule has 0 fully saturated rings. The Labute approximate surface area is 119 Å². The summed E-state index contributed by atoms with van der Waals surface area (Å²) in [6, 6.07) is 0. The van der Waals surface area contributed by atoms with Crippen molar-refractivity contribution in [3.63, 3.8) is 0 Å². The van der Waals surface area contributed by atoms with Crippen LogP contribution in [0.3, 0.4) is 0 Å². The van der Waals surface area contributed by atoms with E-state index in [0.29, 0.717) is 6.61 Å². The van der Waals surface area contributed by atoms with Gasteiger partial charge in [0, 0.05) is 18.3 Å². The van der Waals surface area contributed by atoms with Gasteiger partial charge in [-0.15, -0.1) is 11.3 Å². The van der Waals surface area contributed by atoms with Crippen LogP contribution in [0.1, 0.15) is 24.3 Å². The van der Waals surface area contributed by atoms with E-state index in [-0.39, 0.29) is 11.2 Å². The number of ether oxygens (including phenoxy) is 1. The number of thiophene rings is 1. The zero-order chi connectivity index (χ0) is 13.8. The van der Waals surface area contributed by atoms with Crippen LogP contribution >= 0.6 is 23.1 Å². The molecule has 0 amide bonds. The van der Waals surface area contributed by atoms with Crippen molar-refractivity contribution in [3.8, 4) is 0 Å². The standard InChI is InChI=1S/C13H16N2O2S2/c1-13(2)5-7-8(6-17-13)19-10-9(7)11(16)15(3)12(14-10)18-4/h5-6H2,1-4H3. The highest BCUT2D eigenvalue weighted by Crippen LogP contribution is 2.37. The maximum absolute atomic E-state index is 12.5. The van der Waals surface area contributed by atoms with Crippen LogP contribution in [-0.4, -0.2) is 21.4 Å². The van der Waals surface area contributed by atoms with Crippen molar-refractivity contribution in [1.29, 1.82) is 0 Å². The van der Waals surface area contributed by atoms with E-state index in [4.69, 9.17) is 4.74 Å². The zero-order valence-electron chi connectivity index (χ0n) is 11.4. The Morgan fingerprint density at radius 1 is 1.47 bits per heavy atom. The number of nitrogens with zero attached hydrogens (tertiary/aromatic N) is 2. The summed E-state index contributed by atoms with van der Waals surface area (Å²) < 4.78 is 7.46. The molecule has 1 aliphatic rings. The molecule has 102 valence electrons. The van der Waals surface area contributed by atoms with Crippen molar-refractivity contribution in [2.45, 2.75) is 37.6 Å². The van der Waals surface area contributed by atoms with Crippen LogP contribution in [0, 0.1) is 0 Å². The third-order valence-electron chi connectivity index (χ3n) is 3.45. The Bertz CT molecular complexity index is 715. The quantitative estimate of drug-likeness (QED) is 0.599. The molecular weight excluding hydrogens is 280 g/mol. The number of fused-ring (bicyclic) bond motifs is 3. The van der Waals surface area contributed by atoms with E-state index in [1.807, 2.05) is 6.26 Å². The van der Waals surface area contributed by atoms with Crippen molar-refractivity contribution >= 4 is 33.3 Å². The van der Waals surface area contributed by atoms with Gasteiger partial charge in [-0.3, -0.25) is 9.36 Å². The highest BCUT2D eigenvalue weighted by atomic mass is 32.2. The van der Waals surface area contributed by atoms with Crippen molar-refractivity contribution in [3.05, 3.63) is 20.8 Å². The maximum Gasteiger partial charge on any atom is 0.262 e. The molecule has 6 heteroatoms. The van der Waals surface area contributed by atoms with E-state index < -0.39 is 0 Å². The van der Waals surface area contributed by atoms with Gasteiger partial charge in [0.15, 0.2) is 5.16 Å². The van der Waals surface area contributed by atoms with Crippen LogP contribution in [0.2, 0.25) is 0 Å². The van der Waals surface area contributed by atoms with Gasteiger partial charge in [0.25, 0.3) is 5.56 Å². The van der Waals surface area contributed by atoms with Gasteiger partial charge in [0.2, 0.25) is 0 Å². The van der Waals surface area contributed by atoms with Gasteiger partial charge in [-0.05, 0) is 25.7 Å². The van der Waals surface area contributed by atoms with Crippen LogP contribution in [-0.2, 0) is 24.8 Å². The molecule has 2 aromatic rings. The second kappa shape index (κ2) is 4.33. The van der Waals surface area contributed by atoms with Gasteiger partial charge in [0.1, 0.15) is 4.83 Å². The molecular formula is C13H16N2O2S2. The minimum atomic E-state index is -0.204. The molecule has 3 heterocycles. The molecule has 0 N–H and O–H groups in total. The van der Waals surface area contributed by atoms with E-state index in [2.05, 4.69) is 18.8 Å². The average Bonchev–Trinajstić information content (AvgIpc) is 2.70. The zero-order valence-corrected chi connectivity index (χ0v) is 13.1. The lowest BCUT2D eigenvalue weighted by atomic mass is 9.94. The fourth-order valence-corrected chi connectivity index (χ4v) is 4.13. The second-order valence-electron chi connectivity index (χ2n) is 5.37. The van der Waals surface area contributed by atoms with Crippen molar-refractivity contribution in [2.24, 2.45) is 7.05 Å². The summed E-state index contributed by atoms with van der Waals surface area (Å²) in [7, 11) is 1.79. The highest BCUT2D eigenvalue weighted by Gasteiger charge is 2.30. The molecule has 0 saturated heterocycles. The maximum atomic E-state index is 12.5. The van der Waals surface area contributed by atoms with Crippen LogP contribution in [0.25, 0.3) is 10.2 Å². The number of rotatable bonds is 1. The molecule has 0 spiro atoms. The van der Waals surface area contributed by atoms with E-state index in [0.717, 1.165) is 32.2 Å². The molecule has 0 unspecified atom stereocenters. The third-order valence-corrected chi connectivity index (χ3v) is 5.28. The van der Waals surface area contributed by atoms with Crippen molar-refractivity contribution < 1.29 is 4.74 Å². The Hall–Kier alpha value is -0.850. The van der Waals surface area contributed by atoms with Gasteiger partial charge in [-0.1, -0.05) is 11.8 Å². The molecule has 2 aromatic heterocycles. The van der Waals surface area contributed by atoms with Gasteiger partial charge < -0.3 is 4.74 Å². The molecule has 19 heavy (non-hydrogen) atoms. The minimum Gasteiger partial charge on any atom is -0.370 e.